The van der Waals surface area contributed by atoms with Gasteiger partial charge in [0, 0.05) is 17.4 Å². The molecule has 78 valence electrons. The Kier molecular flexibility index (Phi) is 3.13. The molecule has 1 aromatic rings. The van der Waals surface area contributed by atoms with Gasteiger partial charge in [-0.15, -0.1) is 0 Å². The van der Waals surface area contributed by atoms with Crippen LogP contribution in [0.4, 0.5) is 0 Å². The molecule has 2 rings (SSSR count). The summed E-state index contributed by atoms with van der Waals surface area (Å²) in [4.78, 5) is 7.94. The minimum absolute atomic E-state index is 0.623. The van der Waals surface area contributed by atoms with E-state index in [1.807, 2.05) is 11.8 Å². The van der Waals surface area contributed by atoms with Crippen molar-refractivity contribution < 1.29 is 0 Å². The topological polar surface area (TPSA) is 54.7 Å². The normalized spacial score (nSPS) is 21.7. The number of hydrogen-bond donors (Lipinski definition) is 2. The molecule has 0 saturated carbocycles. The minimum Gasteiger partial charge on any atom is -0.346 e. The highest BCUT2D eigenvalue weighted by Gasteiger charge is 2.22. The quantitative estimate of drug-likeness (QED) is 0.801. The minimum atomic E-state index is 0.623. The lowest BCUT2D eigenvalue weighted by atomic mass is 10.2. The number of imidazole rings is 1. The summed E-state index contributed by atoms with van der Waals surface area (Å²) in [6, 6.07) is 0. The molecule has 1 saturated heterocycles. The molecule has 1 aliphatic rings. The number of nitrogens with two attached hydrogens (primary N) is 1. The Hall–Kier alpha value is -0.480. The smallest absolute Gasteiger partial charge is 0.107 e. The van der Waals surface area contributed by atoms with E-state index < -0.39 is 0 Å². The van der Waals surface area contributed by atoms with Crippen LogP contribution >= 0.6 is 11.8 Å². The highest BCUT2D eigenvalue weighted by molar-refractivity contribution is 7.99. The summed E-state index contributed by atoms with van der Waals surface area (Å²) in [6.07, 6.45) is 3.46. The van der Waals surface area contributed by atoms with Gasteiger partial charge in [0.15, 0.2) is 0 Å². The summed E-state index contributed by atoms with van der Waals surface area (Å²) in [6.45, 7) is 2.78. The summed E-state index contributed by atoms with van der Waals surface area (Å²) in [5, 5.41) is 0.623. The summed E-state index contributed by atoms with van der Waals surface area (Å²) in [7, 11) is 0. The van der Waals surface area contributed by atoms with Crippen LogP contribution < -0.4 is 5.73 Å². The van der Waals surface area contributed by atoms with Gasteiger partial charge in [-0.1, -0.05) is 0 Å². The molecule has 0 spiro atoms. The van der Waals surface area contributed by atoms with Crippen molar-refractivity contribution in [2.45, 2.75) is 31.4 Å². The first-order valence-electron chi connectivity index (χ1n) is 5.18. The van der Waals surface area contributed by atoms with E-state index >= 15 is 0 Å². The highest BCUT2D eigenvalue weighted by atomic mass is 32.2. The highest BCUT2D eigenvalue weighted by Crippen LogP contribution is 2.40. The van der Waals surface area contributed by atoms with E-state index in [4.69, 9.17) is 5.73 Å². The summed E-state index contributed by atoms with van der Waals surface area (Å²) < 4.78 is 0. The average Bonchev–Trinajstić information content (AvgIpc) is 2.74. The fourth-order valence-electron chi connectivity index (χ4n) is 1.90. The lowest BCUT2D eigenvalue weighted by Gasteiger charge is -2.04. The number of nitrogens with one attached hydrogen (secondary N) is 1. The third kappa shape index (κ3) is 1.96. The molecular formula is C10H17N3S. The van der Waals surface area contributed by atoms with Crippen molar-refractivity contribution in [3.8, 4) is 0 Å². The van der Waals surface area contributed by atoms with Crippen LogP contribution in [0.25, 0.3) is 0 Å². The SMILES string of the molecule is Cc1[nH]c(CCN)nc1C1CCCS1. The van der Waals surface area contributed by atoms with E-state index in [9.17, 15) is 0 Å². The van der Waals surface area contributed by atoms with Crippen LogP contribution in [0.5, 0.6) is 0 Å². The lowest BCUT2D eigenvalue weighted by molar-refractivity contribution is 0.800. The average molecular weight is 211 g/mol. The number of rotatable bonds is 3. The van der Waals surface area contributed by atoms with Crippen LogP contribution in [-0.4, -0.2) is 22.3 Å². The monoisotopic (exact) mass is 211 g/mol. The van der Waals surface area contributed by atoms with Crippen LogP contribution in [0.1, 0.15) is 35.3 Å². The maximum atomic E-state index is 5.51. The summed E-state index contributed by atoms with van der Waals surface area (Å²) in [5.41, 5.74) is 8.00. The Bertz CT molecular complexity index is 302. The zero-order valence-electron chi connectivity index (χ0n) is 8.55. The van der Waals surface area contributed by atoms with Gasteiger partial charge in [0.25, 0.3) is 0 Å². The maximum Gasteiger partial charge on any atom is 0.107 e. The molecule has 1 atom stereocenters. The Morgan fingerprint density at radius 1 is 1.64 bits per heavy atom. The number of hydrogen-bond acceptors (Lipinski definition) is 3. The van der Waals surface area contributed by atoms with Gasteiger partial charge in [0.05, 0.1) is 5.69 Å². The predicted octanol–water partition coefficient (Wildman–Crippen LogP) is 1.79. The van der Waals surface area contributed by atoms with Crippen LogP contribution in [0, 0.1) is 6.92 Å². The van der Waals surface area contributed by atoms with Gasteiger partial charge in [-0.05, 0) is 32.1 Å². The standard InChI is InChI=1S/C10H17N3S/c1-7-10(8-3-2-6-14-8)13-9(12-7)4-5-11/h8H,2-6,11H2,1H3,(H,12,13). The molecule has 1 fully saturated rings. The molecule has 1 aliphatic heterocycles. The number of nitrogens with zero attached hydrogens (tertiary/aromatic N) is 1. The van der Waals surface area contributed by atoms with Crippen molar-refractivity contribution in [3.05, 3.63) is 17.2 Å². The van der Waals surface area contributed by atoms with Crippen molar-refractivity contribution >= 4 is 11.8 Å². The molecule has 0 amide bonds. The number of thioether (sulfide) groups is 1. The molecular weight excluding hydrogens is 194 g/mol. The van der Waals surface area contributed by atoms with E-state index in [2.05, 4.69) is 16.9 Å². The molecule has 0 radical (unpaired) electrons. The van der Waals surface area contributed by atoms with Gasteiger partial charge >= 0.3 is 0 Å². The van der Waals surface area contributed by atoms with Crippen molar-refractivity contribution in [2.75, 3.05) is 12.3 Å². The van der Waals surface area contributed by atoms with Gasteiger partial charge in [-0.3, -0.25) is 0 Å². The van der Waals surface area contributed by atoms with E-state index in [0.29, 0.717) is 11.8 Å². The summed E-state index contributed by atoms with van der Waals surface area (Å²) >= 11 is 2.03. The molecule has 0 bridgehead atoms. The number of H-pyrrole nitrogens is 1. The van der Waals surface area contributed by atoms with E-state index in [0.717, 1.165) is 12.2 Å². The second-order valence-electron chi connectivity index (χ2n) is 3.73. The first-order chi connectivity index (χ1) is 6.81. The molecule has 3 N–H and O–H groups in total. The van der Waals surface area contributed by atoms with E-state index in [1.54, 1.807) is 0 Å². The molecule has 0 aliphatic carbocycles. The largest absolute Gasteiger partial charge is 0.346 e. The molecule has 2 heterocycles. The third-order valence-electron chi connectivity index (χ3n) is 2.59. The van der Waals surface area contributed by atoms with Gasteiger partial charge in [-0.2, -0.15) is 11.8 Å². The Balaban J connectivity index is 2.15. The van der Waals surface area contributed by atoms with Crippen LogP contribution in [-0.2, 0) is 6.42 Å². The zero-order chi connectivity index (χ0) is 9.97. The van der Waals surface area contributed by atoms with Gasteiger partial charge in [-0.25, -0.2) is 4.98 Å². The zero-order valence-corrected chi connectivity index (χ0v) is 9.36. The molecule has 0 aromatic carbocycles. The predicted molar refractivity (Wildman–Crippen MR) is 60.5 cm³/mol. The Morgan fingerprint density at radius 3 is 3.14 bits per heavy atom. The van der Waals surface area contributed by atoms with Crippen molar-refractivity contribution in [2.24, 2.45) is 5.73 Å². The molecule has 14 heavy (non-hydrogen) atoms. The van der Waals surface area contributed by atoms with E-state index in [-0.39, 0.29) is 0 Å². The van der Waals surface area contributed by atoms with Gasteiger partial charge in [0.1, 0.15) is 5.82 Å². The fraction of sp³-hybridized carbons (Fsp3) is 0.700. The first-order valence-corrected chi connectivity index (χ1v) is 6.23. The molecule has 1 unspecified atom stereocenters. The third-order valence-corrected chi connectivity index (χ3v) is 3.97. The van der Waals surface area contributed by atoms with Crippen molar-refractivity contribution in [1.82, 2.24) is 9.97 Å². The van der Waals surface area contributed by atoms with Crippen LogP contribution in [0.2, 0.25) is 0 Å². The van der Waals surface area contributed by atoms with Crippen LogP contribution in [0.3, 0.4) is 0 Å². The van der Waals surface area contributed by atoms with Crippen molar-refractivity contribution in [3.63, 3.8) is 0 Å². The first kappa shape index (κ1) is 10.1. The molecule has 3 nitrogen and oxygen atoms in total. The van der Waals surface area contributed by atoms with Gasteiger partial charge in [0.2, 0.25) is 0 Å². The summed E-state index contributed by atoms with van der Waals surface area (Å²) in [5.74, 6) is 2.33. The number of aromatic nitrogens is 2. The number of aromatic amines is 1. The van der Waals surface area contributed by atoms with Crippen LogP contribution in [0.15, 0.2) is 0 Å². The number of aryl methyl sites for hydroxylation is 1. The second-order valence-corrected chi connectivity index (χ2v) is 5.04. The maximum absolute atomic E-state index is 5.51. The Labute approximate surface area is 88.9 Å². The Morgan fingerprint density at radius 2 is 2.50 bits per heavy atom. The molecule has 4 heteroatoms. The fourth-order valence-corrected chi connectivity index (χ4v) is 3.24. The lowest BCUT2D eigenvalue weighted by Crippen LogP contribution is -2.04. The van der Waals surface area contributed by atoms with Crippen molar-refractivity contribution in [1.29, 1.82) is 0 Å². The van der Waals surface area contributed by atoms with E-state index in [1.165, 1.54) is 30.0 Å². The molecule has 1 aromatic heterocycles. The van der Waals surface area contributed by atoms with Gasteiger partial charge < -0.3 is 10.7 Å². The second kappa shape index (κ2) is 4.36.